The van der Waals surface area contributed by atoms with E-state index in [-0.39, 0.29) is 5.91 Å². The van der Waals surface area contributed by atoms with Gasteiger partial charge < -0.3 is 20.5 Å². The Bertz CT molecular complexity index is 325. The summed E-state index contributed by atoms with van der Waals surface area (Å²) in [5.74, 6) is -1.17. The second-order valence-electron chi connectivity index (χ2n) is 4.76. The van der Waals surface area contributed by atoms with Gasteiger partial charge in [0, 0.05) is 19.8 Å². The minimum Gasteiger partial charge on any atom is -0.480 e. The van der Waals surface area contributed by atoms with Gasteiger partial charge in [0.1, 0.15) is 6.04 Å². The fraction of sp³-hybridized carbons (Fsp3) is 0.818. The standard InChI is InChI=1S/C11H18N2O4/c12-11(3-6-17-7-4-11)10(16)13-5-1-2-8(13)9(14)15/h8H,1-7,12H2,(H,14,15). The number of rotatable bonds is 2. The summed E-state index contributed by atoms with van der Waals surface area (Å²) in [6.07, 6.45) is 2.19. The molecule has 0 spiro atoms. The molecule has 1 atom stereocenters. The van der Waals surface area contributed by atoms with Gasteiger partial charge in [0.25, 0.3) is 0 Å². The van der Waals surface area contributed by atoms with Crippen molar-refractivity contribution in [1.29, 1.82) is 0 Å². The first kappa shape index (κ1) is 12.3. The highest BCUT2D eigenvalue weighted by Crippen LogP contribution is 2.26. The van der Waals surface area contributed by atoms with Crippen LogP contribution in [0.15, 0.2) is 0 Å². The number of carbonyl (C=O) groups is 2. The van der Waals surface area contributed by atoms with Crippen LogP contribution in [0, 0.1) is 0 Å². The quantitative estimate of drug-likeness (QED) is 0.685. The Morgan fingerprint density at radius 3 is 2.59 bits per heavy atom. The molecule has 2 fully saturated rings. The topological polar surface area (TPSA) is 92.9 Å². The van der Waals surface area contributed by atoms with Crippen LogP contribution < -0.4 is 5.73 Å². The summed E-state index contributed by atoms with van der Waals surface area (Å²) in [4.78, 5) is 24.8. The lowest BCUT2D eigenvalue weighted by Gasteiger charge is -2.36. The van der Waals surface area contributed by atoms with Crippen molar-refractivity contribution < 1.29 is 19.4 Å². The van der Waals surface area contributed by atoms with E-state index in [1.54, 1.807) is 0 Å². The third-order valence-corrected chi connectivity index (χ3v) is 3.61. The molecule has 2 saturated heterocycles. The Labute approximate surface area is 99.7 Å². The van der Waals surface area contributed by atoms with Gasteiger partial charge >= 0.3 is 5.97 Å². The average Bonchev–Trinajstić information content (AvgIpc) is 2.77. The van der Waals surface area contributed by atoms with Crippen molar-refractivity contribution in [3.63, 3.8) is 0 Å². The van der Waals surface area contributed by atoms with Crippen LogP contribution in [0.4, 0.5) is 0 Å². The summed E-state index contributed by atoms with van der Waals surface area (Å²) in [7, 11) is 0. The first-order chi connectivity index (χ1) is 8.04. The summed E-state index contributed by atoms with van der Waals surface area (Å²) in [5, 5.41) is 9.06. The van der Waals surface area contributed by atoms with Gasteiger partial charge in [0.2, 0.25) is 5.91 Å². The predicted octanol–water partition coefficient (Wildman–Crippen LogP) is -0.430. The van der Waals surface area contributed by atoms with Gasteiger partial charge in [-0.25, -0.2) is 4.79 Å². The maximum Gasteiger partial charge on any atom is 0.326 e. The maximum absolute atomic E-state index is 12.3. The largest absolute Gasteiger partial charge is 0.480 e. The molecule has 0 saturated carbocycles. The molecule has 17 heavy (non-hydrogen) atoms. The van der Waals surface area contributed by atoms with E-state index < -0.39 is 17.6 Å². The van der Waals surface area contributed by atoms with Crippen molar-refractivity contribution in [3.8, 4) is 0 Å². The Morgan fingerprint density at radius 2 is 2.00 bits per heavy atom. The van der Waals surface area contributed by atoms with Crippen molar-refractivity contribution in [2.75, 3.05) is 19.8 Å². The number of ether oxygens (including phenoxy) is 1. The Kier molecular flexibility index (Phi) is 3.35. The van der Waals surface area contributed by atoms with Crippen molar-refractivity contribution in [1.82, 2.24) is 4.90 Å². The highest BCUT2D eigenvalue weighted by atomic mass is 16.5. The van der Waals surface area contributed by atoms with E-state index in [0.717, 1.165) is 6.42 Å². The van der Waals surface area contributed by atoms with E-state index in [2.05, 4.69) is 0 Å². The van der Waals surface area contributed by atoms with Crippen molar-refractivity contribution >= 4 is 11.9 Å². The first-order valence-corrected chi connectivity index (χ1v) is 5.95. The maximum atomic E-state index is 12.3. The lowest BCUT2D eigenvalue weighted by molar-refractivity contribution is -0.152. The van der Waals surface area contributed by atoms with E-state index in [4.69, 9.17) is 15.6 Å². The predicted molar refractivity (Wildman–Crippen MR) is 59.3 cm³/mol. The summed E-state index contributed by atoms with van der Waals surface area (Å²) in [6.45, 7) is 1.43. The zero-order chi connectivity index (χ0) is 12.5. The molecule has 96 valence electrons. The van der Waals surface area contributed by atoms with Crippen LogP contribution in [-0.4, -0.2) is 53.2 Å². The molecule has 1 amide bonds. The number of aliphatic carboxylic acids is 1. The molecule has 0 aromatic carbocycles. The SMILES string of the molecule is NC1(C(=O)N2CCCC2C(=O)O)CCOCC1. The van der Waals surface area contributed by atoms with Crippen LogP contribution in [0.3, 0.4) is 0 Å². The molecule has 2 aliphatic heterocycles. The molecule has 2 rings (SSSR count). The summed E-state index contributed by atoms with van der Waals surface area (Å²) in [6, 6.07) is -0.703. The molecule has 2 aliphatic rings. The molecule has 0 aromatic rings. The van der Waals surface area contributed by atoms with Gasteiger partial charge in [-0.1, -0.05) is 0 Å². The third-order valence-electron chi connectivity index (χ3n) is 3.61. The number of carbonyl (C=O) groups excluding carboxylic acids is 1. The fourth-order valence-corrected chi connectivity index (χ4v) is 2.50. The molecular weight excluding hydrogens is 224 g/mol. The number of carboxylic acid groups (broad SMARTS) is 1. The lowest BCUT2D eigenvalue weighted by atomic mass is 9.89. The van der Waals surface area contributed by atoms with Gasteiger partial charge in [-0.05, 0) is 25.7 Å². The van der Waals surface area contributed by atoms with E-state index in [1.165, 1.54) is 4.90 Å². The van der Waals surface area contributed by atoms with Gasteiger partial charge in [-0.2, -0.15) is 0 Å². The highest BCUT2D eigenvalue weighted by molar-refractivity contribution is 5.90. The fourth-order valence-electron chi connectivity index (χ4n) is 2.50. The van der Waals surface area contributed by atoms with E-state index >= 15 is 0 Å². The van der Waals surface area contributed by atoms with Gasteiger partial charge in [0.15, 0.2) is 0 Å². The summed E-state index contributed by atoms with van der Waals surface area (Å²) in [5.41, 5.74) is 5.15. The molecule has 0 radical (unpaired) electrons. The Hall–Kier alpha value is -1.14. The van der Waals surface area contributed by atoms with Crippen LogP contribution in [0.1, 0.15) is 25.7 Å². The van der Waals surface area contributed by atoms with Crippen molar-refractivity contribution in [2.45, 2.75) is 37.3 Å². The average molecular weight is 242 g/mol. The molecule has 2 heterocycles. The smallest absolute Gasteiger partial charge is 0.326 e. The zero-order valence-electron chi connectivity index (χ0n) is 9.72. The van der Waals surface area contributed by atoms with Crippen LogP contribution in [-0.2, 0) is 14.3 Å². The number of nitrogens with two attached hydrogens (primary N) is 1. The molecular formula is C11H18N2O4. The zero-order valence-corrected chi connectivity index (χ0v) is 9.72. The number of amides is 1. The molecule has 3 N–H and O–H groups in total. The third kappa shape index (κ3) is 2.28. The van der Waals surface area contributed by atoms with Gasteiger partial charge in [-0.3, -0.25) is 4.79 Å². The van der Waals surface area contributed by atoms with Gasteiger partial charge in [-0.15, -0.1) is 0 Å². The summed E-state index contributed by atoms with van der Waals surface area (Å²) >= 11 is 0. The molecule has 0 aromatic heterocycles. The first-order valence-electron chi connectivity index (χ1n) is 5.95. The minimum absolute atomic E-state index is 0.231. The van der Waals surface area contributed by atoms with E-state index in [0.29, 0.717) is 39.0 Å². The monoisotopic (exact) mass is 242 g/mol. The lowest BCUT2D eigenvalue weighted by Crippen LogP contribution is -2.59. The second kappa shape index (κ2) is 4.62. The number of likely N-dealkylation sites (tertiary alicyclic amines) is 1. The highest BCUT2D eigenvalue weighted by Gasteiger charge is 2.44. The van der Waals surface area contributed by atoms with Crippen LogP contribution in [0.25, 0.3) is 0 Å². The van der Waals surface area contributed by atoms with Crippen LogP contribution >= 0.6 is 0 Å². The normalized spacial score (nSPS) is 28.1. The minimum atomic E-state index is -0.938. The summed E-state index contributed by atoms with van der Waals surface area (Å²) < 4.78 is 5.18. The second-order valence-corrected chi connectivity index (χ2v) is 4.76. The van der Waals surface area contributed by atoms with E-state index in [1.807, 2.05) is 0 Å². The number of nitrogens with zero attached hydrogens (tertiary/aromatic N) is 1. The molecule has 0 bridgehead atoms. The Balaban J connectivity index is 2.10. The van der Waals surface area contributed by atoms with Gasteiger partial charge in [0.05, 0.1) is 5.54 Å². The number of hydrogen-bond donors (Lipinski definition) is 2. The van der Waals surface area contributed by atoms with Crippen LogP contribution in [0.5, 0.6) is 0 Å². The number of hydrogen-bond acceptors (Lipinski definition) is 4. The molecule has 0 aliphatic carbocycles. The van der Waals surface area contributed by atoms with Crippen LogP contribution in [0.2, 0.25) is 0 Å². The van der Waals surface area contributed by atoms with Crippen molar-refractivity contribution in [3.05, 3.63) is 0 Å². The molecule has 6 nitrogen and oxygen atoms in total. The number of carboxylic acids is 1. The Morgan fingerprint density at radius 1 is 1.35 bits per heavy atom. The molecule has 1 unspecified atom stereocenters. The molecule has 6 heteroatoms. The van der Waals surface area contributed by atoms with Crippen molar-refractivity contribution in [2.24, 2.45) is 5.73 Å². The van der Waals surface area contributed by atoms with E-state index in [9.17, 15) is 9.59 Å².